The van der Waals surface area contributed by atoms with Crippen molar-refractivity contribution >= 4 is 19.7 Å². The lowest BCUT2D eigenvalue weighted by Gasteiger charge is -2.31. The zero-order valence-electron chi connectivity index (χ0n) is 13.7. The summed E-state index contributed by atoms with van der Waals surface area (Å²) in [6.45, 7) is 15.1. The van der Waals surface area contributed by atoms with Gasteiger partial charge in [0, 0.05) is 25.7 Å². The van der Waals surface area contributed by atoms with E-state index in [1.807, 2.05) is 0 Å². The lowest BCUT2D eigenvalue weighted by atomic mass is 10.7. The molecular formula is C17H31ClO3Si. The first-order valence-electron chi connectivity index (χ1n) is 7.86. The molecule has 0 saturated carbocycles. The smallest absolute Gasteiger partial charge is 0.0644 e. The Balaban J connectivity index is 4.48. The second-order valence-electron chi connectivity index (χ2n) is 5.28. The maximum Gasteiger partial charge on any atom is 0.0644 e. The van der Waals surface area contributed by atoms with E-state index < -0.39 is 8.07 Å². The van der Waals surface area contributed by atoms with Crippen LogP contribution in [0.15, 0.2) is 38.0 Å². The van der Waals surface area contributed by atoms with Crippen LogP contribution < -0.4 is 0 Å². The quantitative estimate of drug-likeness (QED) is 0.170. The normalized spacial score (nSPS) is 11.3. The molecule has 0 aliphatic heterocycles. The van der Waals surface area contributed by atoms with Gasteiger partial charge >= 0.3 is 0 Å². The van der Waals surface area contributed by atoms with Gasteiger partial charge in [0.25, 0.3) is 0 Å². The summed E-state index contributed by atoms with van der Waals surface area (Å²) in [6, 6.07) is 4.33. The minimum absolute atomic E-state index is 0.602. The predicted molar refractivity (Wildman–Crippen MR) is 98.8 cm³/mol. The van der Waals surface area contributed by atoms with Crippen LogP contribution in [0.4, 0.5) is 0 Å². The van der Waals surface area contributed by atoms with Crippen LogP contribution >= 0.6 is 11.6 Å². The fourth-order valence-corrected chi connectivity index (χ4v) is 7.15. The van der Waals surface area contributed by atoms with Gasteiger partial charge in [-0.15, -0.1) is 31.3 Å². The van der Waals surface area contributed by atoms with Crippen molar-refractivity contribution in [3.05, 3.63) is 38.0 Å². The number of ether oxygens (including phenoxy) is 3. The van der Waals surface area contributed by atoms with Crippen molar-refractivity contribution in [1.29, 1.82) is 0 Å². The lowest BCUT2D eigenvalue weighted by molar-refractivity contribution is 0.165. The molecule has 0 atom stereocenters. The lowest BCUT2D eigenvalue weighted by Crippen LogP contribution is -2.38. The first-order valence-corrected chi connectivity index (χ1v) is 11.2. The van der Waals surface area contributed by atoms with Crippen LogP contribution in [-0.2, 0) is 14.2 Å². The van der Waals surface area contributed by atoms with Crippen molar-refractivity contribution in [2.45, 2.75) is 24.2 Å². The monoisotopic (exact) mass is 346 g/mol. The summed E-state index contributed by atoms with van der Waals surface area (Å²) in [5.41, 5.74) is 0. The van der Waals surface area contributed by atoms with Gasteiger partial charge in [-0.3, -0.25) is 0 Å². The average Bonchev–Trinajstić information content (AvgIpc) is 2.53. The molecule has 0 aliphatic carbocycles. The van der Waals surface area contributed by atoms with E-state index in [1.54, 1.807) is 18.2 Å². The summed E-state index contributed by atoms with van der Waals surface area (Å²) in [5, 5.41) is 0. The fourth-order valence-electron chi connectivity index (χ4n) is 2.32. The Bertz CT molecular complexity index is 257. The summed E-state index contributed by atoms with van der Waals surface area (Å²) in [7, 11) is -1.56. The van der Waals surface area contributed by atoms with Crippen LogP contribution in [0, 0.1) is 0 Å². The zero-order valence-corrected chi connectivity index (χ0v) is 15.5. The van der Waals surface area contributed by atoms with E-state index in [9.17, 15) is 0 Å². The zero-order chi connectivity index (χ0) is 16.5. The number of halogens is 1. The van der Waals surface area contributed by atoms with Crippen LogP contribution in [0.3, 0.4) is 0 Å². The summed E-state index contributed by atoms with van der Waals surface area (Å²) in [4.78, 5) is 0. The molecule has 5 heteroatoms. The number of rotatable bonds is 17. The minimum Gasteiger partial charge on any atom is -0.378 e. The second-order valence-corrected chi connectivity index (χ2v) is 10.7. The SMILES string of the molecule is C=CCOCC[Si](CCCl)(CCOCC=C)CCOCC=C. The molecule has 0 N–H and O–H groups in total. The molecule has 0 unspecified atom stereocenters. The van der Waals surface area contributed by atoms with E-state index in [2.05, 4.69) is 19.7 Å². The van der Waals surface area contributed by atoms with Gasteiger partial charge in [0.1, 0.15) is 0 Å². The molecule has 0 spiro atoms. The highest BCUT2D eigenvalue weighted by Crippen LogP contribution is 2.27. The van der Waals surface area contributed by atoms with Gasteiger partial charge in [-0.25, -0.2) is 0 Å². The molecule has 0 radical (unpaired) electrons. The summed E-state index contributed by atoms with van der Waals surface area (Å²) in [6.07, 6.45) is 5.35. The highest BCUT2D eigenvalue weighted by molar-refractivity contribution is 6.80. The van der Waals surface area contributed by atoms with E-state index >= 15 is 0 Å². The third-order valence-electron chi connectivity index (χ3n) is 3.66. The third-order valence-corrected chi connectivity index (χ3v) is 9.27. The number of hydrogen-bond donors (Lipinski definition) is 0. The van der Waals surface area contributed by atoms with Gasteiger partial charge in [0.2, 0.25) is 0 Å². The van der Waals surface area contributed by atoms with Crippen molar-refractivity contribution in [1.82, 2.24) is 0 Å². The molecule has 22 heavy (non-hydrogen) atoms. The minimum atomic E-state index is -1.56. The van der Waals surface area contributed by atoms with E-state index in [0.29, 0.717) is 25.7 Å². The van der Waals surface area contributed by atoms with Crippen LogP contribution in [0.5, 0.6) is 0 Å². The average molecular weight is 347 g/mol. The van der Waals surface area contributed by atoms with Crippen molar-refractivity contribution in [2.75, 3.05) is 45.5 Å². The Morgan fingerprint density at radius 2 is 1.05 bits per heavy atom. The van der Waals surface area contributed by atoms with E-state index in [0.717, 1.165) is 44.0 Å². The molecule has 0 fully saturated rings. The molecular weight excluding hydrogens is 316 g/mol. The van der Waals surface area contributed by atoms with E-state index in [4.69, 9.17) is 25.8 Å². The highest BCUT2D eigenvalue weighted by atomic mass is 35.5. The third kappa shape index (κ3) is 11.2. The first-order chi connectivity index (χ1) is 10.7. The Labute approximate surface area is 142 Å². The van der Waals surface area contributed by atoms with E-state index in [1.165, 1.54) is 0 Å². The van der Waals surface area contributed by atoms with Crippen molar-refractivity contribution < 1.29 is 14.2 Å². The van der Waals surface area contributed by atoms with Gasteiger partial charge in [-0.2, -0.15) is 0 Å². The van der Waals surface area contributed by atoms with Gasteiger partial charge in [0.15, 0.2) is 0 Å². The molecule has 0 saturated heterocycles. The van der Waals surface area contributed by atoms with Gasteiger partial charge in [0.05, 0.1) is 27.9 Å². The molecule has 0 heterocycles. The standard InChI is InChI=1S/C17H31ClO3Si/c1-4-8-19-11-15-22(14-7-18,16-12-20-9-5-2)17-13-21-10-6-3/h4-6H,1-3,7-17H2. The Morgan fingerprint density at radius 3 is 1.32 bits per heavy atom. The molecule has 0 aromatic carbocycles. The largest absolute Gasteiger partial charge is 0.378 e. The summed E-state index contributed by atoms with van der Waals surface area (Å²) in [5.74, 6) is 0.691. The molecule has 0 aromatic heterocycles. The van der Waals surface area contributed by atoms with Gasteiger partial charge < -0.3 is 14.2 Å². The van der Waals surface area contributed by atoms with Crippen LogP contribution in [0.2, 0.25) is 24.2 Å². The Kier molecular flexibility index (Phi) is 15.2. The molecule has 3 nitrogen and oxygen atoms in total. The predicted octanol–water partition coefficient (Wildman–Crippen LogP) is 4.28. The number of hydrogen-bond acceptors (Lipinski definition) is 3. The number of alkyl halides is 1. The fraction of sp³-hybridized carbons (Fsp3) is 0.647. The van der Waals surface area contributed by atoms with Gasteiger partial charge in [-0.05, 0) is 24.2 Å². The van der Waals surface area contributed by atoms with Gasteiger partial charge in [-0.1, -0.05) is 18.2 Å². The first kappa shape index (κ1) is 21.6. The van der Waals surface area contributed by atoms with Crippen LogP contribution in [0.25, 0.3) is 0 Å². The maximum absolute atomic E-state index is 6.07. The molecule has 0 aliphatic rings. The molecule has 128 valence electrons. The second kappa shape index (κ2) is 15.5. The van der Waals surface area contributed by atoms with Crippen molar-refractivity contribution in [3.8, 4) is 0 Å². The molecule has 0 aromatic rings. The van der Waals surface area contributed by atoms with Crippen LogP contribution in [0.1, 0.15) is 0 Å². The maximum atomic E-state index is 6.07. The molecule has 0 amide bonds. The Morgan fingerprint density at radius 1 is 0.682 bits per heavy atom. The van der Waals surface area contributed by atoms with E-state index in [-0.39, 0.29) is 0 Å². The molecule has 0 rings (SSSR count). The topological polar surface area (TPSA) is 27.7 Å². The van der Waals surface area contributed by atoms with Crippen LogP contribution in [-0.4, -0.2) is 53.6 Å². The molecule has 0 bridgehead atoms. The summed E-state index contributed by atoms with van der Waals surface area (Å²) >= 11 is 6.07. The highest BCUT2D eigenvalue weighted by Gasteiger charge is 2.31. The Hall–Kier alpha value is -0.393. The van der Waals surface area contributed by atoms with Crippen molar-refractivity contribution in [3.63, 3.8) is 0 Å². The van der Waals surface area contributed by atoms with Crippen molar-refractivity contribution in [2.24, 2.45) is 0 Å². The summed E-state index contributed by atoms with van der Waals surface area (Å²) < 4.78 is 16.8.